The zero-order valence-electron chi connectivity index (χ0n) is 15.9. The molecule has 0 saturated carbocycles. The summed E-state index contributed by atoms with van der Waals surface area (Å²) in [5, 5.41) is 19.6. The van der Waals surface area contributed by atoms with E-state index in [1.807, 2.05) is 66.7 Å². The minimum Gasteiger partial charge on any atom is -0.456 e. The van der Waals surface area contributed by atoms with E-state index in [1.54, 1.807) is 24.3 Å². The van der Waals surface area contributed by atoms with Gasteiger partial charge in [0.15, 0.2) is 0 Å². The van der Waals surface area contributed by atoms with E-state index in [0.717, 1.165) is 16.8 Å². The Morgan fingerprint density at radius 2 is 1.40 bits per heavy atom. The predicted octanol–water partition coefficient (Wildman–Crippen LogP) is 7.47. The average Bonchev–Trinajstić information content (AvgIpc) is 2.80. The van der Waals surface area contributed by atoms with Gasteiger partial charge in [-0.1, -0.05) is 54.6 Å². The summed E-state index contributed by atoms with van der Waals surface area (Å²) >= 11 is 0. The molecule has 0 unspecified atom stereocenters. The Morgan fingerprint density at radius 1 is 0.700 bits per heavy atom. The maximum absolute atomic E-state index is 11.1. The summed E-state index contributed by atoms with van der Waals surface area (Å²) in [6.45, 7) is 0. The Morgan fingerprint density at radius 3 is 2.13 bits per heavy atom. The van der Waals surface area contributed by atoms with Gasteiger partial charge in [0.1, 0.15) is 11.5 Å². The highest BCUT2D eigenvalue weighted by atomic mass is 16.6. The SMILES string of the molecule is O=[N+]([O-])c1cccc(Oc2ccc(N=Nc3ccccc3)cc2-c2ccccc2)c1. The van der Waals surface area contributed by atoms with Gasteiger partial charge in [0.05, 0.1) is 22.4 Å². The number of hydrogen-bond acceptors (Lipinski definition) is 5. The van der Waals surface area contributed by atoms with Crippen molar-refractivity contribution in [2.24, 2.45) is 10.2 Å². The first-order valence-corrected chi connectivity index (χ1v) is 9.27. The Bertz CT molecular complexity index is 1190. The Balaban J connectivity index is 1.70. The van der Waals surface area contributed by atoms with Gasteiger partial charge in [-0.05, 0) is 42.0 Å². The quantitative estimate of drug-likeness (QED) is 0.193. The molecule has 0 amide bonds. The van der Waals surface area contributed by atoms with Gasteiger partial charge < -0.3 is 4.74 Å². The van der Waals surface area contributed by atoms with Gasteiger partial charge in [0, 0.05) is 11.6 Å². The zero-order chi connectivity index (χ0) is 20.8. The van der Waals surface area contributed by atoms with E-state index in [0.29, 0.717) is 17.2 Å². The lowest BCUT2D eigenvalue weighted by Crippen LogP contribution is -1.91. The van der Waals surface area contributed by atoms with Crippen LogP contribution in [0.4, 0.5) is 17.1 Å². The van der Waals surface area contributed by atoms with Crippen molar-refractivity contribution in [3.8, 4) is 22.6 Å². The summed E-state index contributed by atoms with van der Waals surface area (Å²) in [7, 11) is 0. The van der Waals surface area contributed by atoms with Gasteiger partial charge in [-0.3, -0.25) is 10.1 Å². The van der Waals surface area contributed by atoms with E-state index in [1.165, 1.54) is 12.1 Å². The van der Waals surface area contributed by atoms with Gasteiger partial charge in [0.2, 0.25) is 0 Å². The molecular weight excluding hydrogens is 378 g/mol. The molecule has 30 heavy (non-hydrogen) atoms. The first-order chi connectivity index (χ1) is 14.7. The first-order valence-electron chi connectivity index (χ1n) is 9.27. The van der Waals surface area contributed by atoms with Crippen molar-refractivity contribution >= 4 is 17.1 Å². The minimum absolute atomic E-state index is 0.0259. The number of azo groups is 1. The second kappa shape index (κ2) is 8.79. The number of nitro benzene ring substituents is 1. The monoisotopic (exact) mass is 395 g/mol. The van der Waals surface area contributed by atoms with Crippen LogP contribution in [0.2, 0.25) is 0 Å². The highest BCUT2D eigenvalue weighted by molar-refractivity contribution is 5.74. The van der Waals surface area contributed by atoms with Crippen molar-refractivity contribution in [1.29, 1.82) is 0 Å². The number of nitrogens with zero attached hydrogens (tertiary/aromatic N) is 3. The summed E-state index contributed by atoms with van der Waals surface area (Å²) in [5.41, 5.74) is 3.16. The van der Waals surface area contributed by atoms with E-state index >= 15 is 0 Å². The first kappa shape index (κ1) is 19.0. The normalized spacial score (nSPS) is 10.8. The van der Waals surface area contributed by atoms with Gasteiger partial charge in [0.25, 0.3) is 5.69 Å². The van der Waals surface area contributed by atoms with Gasteiger partial charge in [-0.25, -0.2) is 0 Å². The Kier molecular flexibility index (Phi) is 5.57. The molecule has 0 saturated heterocycles. The molecule has 0 aromatic heterocycles. The minimum atomic E-state index is -0.446. The van der Waals surface area contributed by atoms with Crippen molar-refractivity contribution in [3.05, 3.63) is 113 Å². The van der Waals surface area contributed by atoms with Crippen molar-refractivity contribution < 1.29 is 9.66 Å². The largest absolute Gasteiger partial charge is 0.456 e. The van der Waals surface area contributed by atoms with Crippen molar-refractivity contribution in [1.82, 2.24) is 0 Å². The van der Waals surface area contributed by atoms with E-state index in [9.17, 15) is 10.1 Å². The van der Waals surface area contributed by atoms with Crippen LogP contribution in [0.5, 0.6) is 11.5 Å². The fraction of sp³-hybridized carbons (Fsp3) is 0. The molecule has 0 N–H and O–H groups in total. The van der Waals surface area contributed by atoms with E-state index < -0.39 is 4.92 Å². The fourth-order valence-corrected chi connectivity index (χ4v) is 2.91. The highest BCUT2D eigenvalue weighted by Crippen LogP contribution is 2.37. The van der Waals surface area contributed by atoms with Crippen molar-refractivity contribution in [2.45, 2.75) is 0 Å². The molecule has 0 fully saturated rings. The van der Waals surface area contributed by atoms with Crippen LogP contribution in [0.3, 0.4) is 0 Å². The summed E-state index contributed by atoms with van der Waals surface area (Å²) in [6, 6.07) is 30.8. The van der Waals surface area contributed by atoms with Gasteiger partial charge in [-0.2, -0.15) is 10.2 Å². The smallest absolute Gasteiger partial charge is 0.273 e. The second-order valence-electron chi connectivity index (χ2n) is 6.44. The van der Waals surface area contributed by atoms with Crippen LogP contribution < -0.4 is 4.74 Å². The number of ether oxygens (including phenoxy) is 1. The lowest BCUT2D eigenvalue weighted by Gasteiger charge is -2.12. The third kappa shape index (κ3) is 4.56. The van der Waals surface area contributed by atoms with E-state index in [-0.39, 0.29) is 5.69 Å². The molecule has 4 aromatic rings. The highest BCUT2D eigenvalue weighted by Gasteiger charge is 2.12. The molecular formula is C24H17N3O3. The lowest BCUT2D eigenvalue weighted by molar-refractivity contribution is -0.384. The molecule has 6 heteroatoms. The average molecular weight is 395 g/mol. The molecule has 146 valence electrons. The maximum atomic E-state index is 11.1. The number of nitro groups is 1. The molecule has 4 rings (SSSR count). The fourth-order valence-electron chi connectivity index (χ4n) is 2.91. The molecule has 0 aliphatic rings. The van der Waals surface area contributed by atoms with Gasteiger partial charge >= 0.3 is 0 Å². The third-order valence-electron chi connectivity index (χ3n) is 4.34. The van der Waals surface area contributed by atoms with Crippen LogP contribution in [0, 0.1) is 10.1 Å². The number of hydrogen-bond donors (Lipinski definition) is 0. The molecule has 0 atom stereocenters. The Labute approximate surface area is 173 Å². The number of benzene rings is 4. The van der Waals surface area contributed by atoms with Gasteiger partial charge in [-0.15, -0.1) is 0 Å². The molecule has 0 heterocycles. The van der Waals surface area contributed by atoms with E-state index in [4.69, 9.17) is 4.74 Å². The summed E-state index contributed by atoms with van der Waals surface area (Å²) in [5.74, 6) is 0.959. The zero-order valence-corrected chi connectivity index (χ0v) is 15.9. The molecule has 0 aliphatic carbocycles. The van der Waals surface area contributed by atoms with Crippen molar-refractivity contribution in [2.75, 3.05) is 0 Å². The summed E-state index contributed by atoms with van der Waals surface area (Å²) in [6.07, 6.45) is 0. The molecule has 0 bridgehead atoms. The van der Waals surface area contributed by atoms with E-state index in [2.05, 4.69) is 10.2 Å². The molecule has 6 nitrogen and oxygen atoms in total. The predicted molar refractivity (Wildman–Crippen MR) is 116 cm³/mol. The maximum Gasteiger partial charge on any atom is 0.273 e. The topological polar surface area (TPSA) is 77.1 Å². The van der Waals surface area contributed by atoms with Crippen LogP contribution in [0.15, 0.2) is 113 Å². The van der Waals surface area contributed by atoms with Crippen molar-refractivity contribution in [3.63, 3.8) is 0 Å². The Hall–Kier alpha value is -4.32. The standard InChI is InChI=1S/C24H17N3O3/c28-27(29)21-12-7-13-22(17-21)30-24-15-14-20(26-25-19-10-5-2-6-11-19)16-23(24)18-8-3-1-4-9-18/h1-17H. The number of non-ortho nitro benzene ring substituents is 1. The van der Waals surface area contributed by atoms with Crippen LogP contribution in [-0.2, 0) is 0 Å². The van der Waals surface area contributed by atoms with Crippen LogP contribution >= 0.6 is 0 Å². The lowest BCUT2D eigenvalue weighted by atomic mass is 10.0. The number of rotatable bonds is 6. The van der Waals surface area contributed by atoms with Crippen LogP contribution in [0.25, 0.3) is 11.1 Å². The third-order valence-corrected chi connectivity index (χ3v) is 4.34. The molecule has 0 aliphatic heterocycles. The molecule has 0 spiro atoms. The van der Waals surface area contributed by atoms with Crippen LogP contribution in [-0.4, -0.2) is 4.92 Å². The van der Waals surface area contributed by atoms with Crippen LogP contribution in [0.1, 0.15) is 0 Å². The second-order valence-corrected chi connectivity index (χ2v) is 6.44. The molecule has 4 aromatic carbocycles. The summed E-state index contributed by atoms with van der Waals surface area (Å²) < 4.78 is 6.00. The molecule has 0 radical (unpaired) electrons. The summed E-state index contributed by atoms with van der Waals surface area (Å²) in [4.78, 5) is 10.6.